The van der Waals surface area contributed by atoms with Crippen molar-refractivity contribution in [2.45, 2.75) is 0 Å². The van der Waals surface area contributed by atoms with Crippen LogP contribution < -0.4 is 46.1 Å². The van der Waals surface area contributed by atoms with Crippen molar-refractivity contribution in [3.8, 4) is 5.75 Å². The molecule has 0 aliphatic carbocycles. The number of hydrogen-bond donors (Lipinski definition) is 2. The molecule has 0 aliphatic heterocycles. The fourth-order valence-corrected chi connectivity index (χ4v) is 1.71. The molecule has 1 rings (SSSR count). The smallest absolute Gasteiger partial charge is 0.870 e. The molecule has 0 amide bonds. The molecule has 0 saturated carbocycles. The SMILES string of the molecule is NC(N)=S.O.O.O.O.O.O.O.O.O.O.O.O.O.O.O.O.O.[B].[B].[B].[B].[Na+].[Na].[Na].[O-]c1c(Cl)c(Cl)c(Cl)c(Cl)c1Cl. The Hall–Kier alpha value is 2.74. The van der Waals surface area contributed by atoms with Crippen LogP contribution in [0, 0.1) is 0 Å². The molecule has 240 valence electrons. The third-order valence-electron chi connectivity index (χ3n) is 1.17. The van der Waals surface area contributed by atoms with E-state index in [-0.39, 0.29) is 246 Å². The Morgan fingerprint density at radius 1 is 0.425 bits per heavy atom. The molecular formula is C7H38B4Cl5N2Na3O18S. The topological polar surface area (TPSA) is 611 Å². The molecule has 20 nitrogen and oxygen atoms in total. The Morgan fingerprint density at radius 3 is 0.600 bits per heavy atom. The predicted molar refractivity (Wildman–Crippen MR) is 168 cm³/mol. The summed E-state index contributed by atoms with van der Waals surface area (Å²) < 4.78 is 0. The predicted octanol–water partition coefficient (Wildman–Crippen LogP) is -16.1. The zero-order valence-corrected chi connectivity index (χ0v) is 31.8. The fourth-order valence-electron chi connectivity index (χ4n) is 0.585. The number of hydrogen-bond acceptors (Lipinski definition) is 2. The van der Waals surface area contributed by atoms with E-state index < -0.39 is 5.75 Å². The van der Waals surface area contributed by atoms with Gasteiger partial charge in [-0.1, -0.05) is 63.8 Å². The van der Waals surface area contributed by atoms with Crippen LogP contribution in [0.4, 0.5) is 0 Å². The minimum Gasteiger partial charge on any atom is -0.870 e. The van der Waals surface area contributed by atoms with Gasteiger partial charge in [0.2, 0.25) is 0 Å². The summed E-state index contributed by atoms with van der Waals surface area (Å²) >= 11 is 31.8. The van der Waals surface area contributed by atoms with Crippen molar-refractivity contribution in [1.82, 2.24) is 0 Å². The van der Waals surface area contributed by atoms with Crippen molar-refractivity contribution in [1.29, 1.82) is 0 Å². The Kier molecular flexibility index (Phi) is 727. The van der Waals surface area contributed by atoms with E-state index in [9.17, 15) is 5.11 Å². The average molecular weight is 760 g/mol. The molecule has 0 bridgehead atoms. The van der Waals surface area contributed by atoms with Crippen LogP contribution in [-0.4, -0.2) is 191 Å². The number of benzene rings is 1. The van der Waals surface area contributed by atoms with Gasteiger partial charge < -0.3 is 110 Å². The maximum absolute atomic E-state index is 11.1. The second-order valence-corrected chi connectivity index (χ2v) is 4.66. The number of rotatable bonds is 0. The molecule has 14 radical (unpaired) electrons. The van der Waals surface area contributed by atoms with E-state index in [1.54, 1.807) is 0 Å². The van der Waals surface area contributed by atoms with Crippen LogP contribution in [0.2, 0.25) is 25.1 Å². The molecule has 1 aromatic carbocycles. The van der Waals surface area contributed by atoms with Crippen LogP contribution in [-0.2, 0) is 0 Å². The van der Waals surface area contributed by atoms with Crippen LogP contribution in [0.1, 0.15) is 0 Å². The first kappa shape index (κ1) is 237. The first-order valence-corrected chi connectivity index (χ1v) is 5.73. The Labute approximate surface area is 334 Å². The van der Waals surface area contributed by atoms with Gasteiger partial charge >= 0.3 is 29.6 Å². The maximum atomic E-state index is 11.1. The summed E-state index contributed by atoms with van der Waals surface area (Å²) in [6.45, 7) is 0. The summed E-state index contributed by atoms with van der Waals surface area (Å²) in [6, 6.07) is 0. The van der Waals surface area contributed by atoms with Gasteiger partial charge in [-0.15, -0.1) is 0 Å². The molecule has 0 aromatic heterocycles. The summed E-state index contributed by atoms with van der Waals surface area (Å²) in [7, 11) is 0. The van der Waals surface area contributed by atoms with E-state index in [2.05, 4.69) is 23.7 Å². The quantitative estimate of drug-likeness (QED) is 0.113. The van der Waals surface area contributed by atoms with E-state index in [1.165, 1.54) is 0 Å². The second-order valence-electron chi connectivity index (χ2n) is 2.30. The third kappa shape index (κ3) is 90.0. The van der Waals surface area contributed by atoms with Crippen LogP contribution in [0.25, 0.3) is 0 Å². The first-order valence-electron chi connectivity index (χ1n) is 3.43. The van der Waals surface area contributed by atoms with Crippen molar-refractivity contribution < 1.29 is 128 Å². The molecule has 0 aliphatic rings. The fraction of sp³-hybridized carbons (Fsp3) is 0. The number of halogens is 5. The summed E-state index contributed by atoms with van der Waals surface area (Å²) in [6.07, 6.45) is 0. The average Bonchev–Trinajstić information content (AvgIpc) is 2.20. The van der Waals surface area contributed by atoms with Gasteiger partial charge in [-0.2, -0.15) is 0 Å². The van der Waals surface area contributed by atoms with Gasteiger partial charge in [0, 0.05) is 92.8 Å². The molecule has 0 fully saturated rings. The molecule has 0 spiro atoms. The van der Waals surface area contributed by atoms with Crippen LogP contribution in [0.15, 0.2) is 0 Å². The molecular weight excluding hydrogens is 722 g/mol. The van der Waals surface area contributed by atoms with Gasteiger partial charge in [0.15, 0.2) is 5.11 Å². The summed E-state index contributed by atoms with van der Waals surface area (Å²) in [5, 5.41) is 10.5. The summed E-state index contributed by atoms with van der Waals surface area (Å²) in [5.74, 6) is -0.613. The third-order valence-corrected chi connectivity index (χ3v) is 3.41. The molecule has 0 saturated heterocycles. The van der Waals surface area contributed by atoms with E-state index in [0.717, 1.165) is 0 Å². The van der Waals surface area contributed by atoms with Crippen molar-refractivity contribution in [3.63, 3.8) is 0 Å². The Bertz CT molecular complexity index is 378. The van der Waals surface area contributed by atoms with Crippen molar-refractivity contribution in [2.24, 2.45) is 11.5 Å². The van der Waals surface area contributed by atoms with Gasteiger partial charge in [0.1, 0.15) is 0 Å². The minimum atomic E-state index is -0.613. The minimum absolute atomic E-state index is 0. The van der Waals surface area contributed by atoms with Crippen LogP contribution in [0.3, 0.4) is 0 Å². The standard InChI is InChI=1S/C6HCl5O.CH4N2S.4B.3Na.17H2O/c7-1-2(8)4(10)6(12)5(11)3(1)9;2-1(3)4;;;;;;;;;;;;;;;;;;;;;;;;/h12H;(H4,2,3,4);;;;;;;;17*1H2/q;;;;;;;;+1;;;;;;;;;;;;;;;;;/p-1. The van der Waals surface area contributed by atoms with Crippen LogP contribution >= 0.6 is 70.2 Å². The van der Waals surface area contributed by atoms with E-state index in [4.69, 9.17) is 58.0 Å². The van der Waals surface area contributed by atoms with E-state index >= 15 is 0 Å². The molecule has 0 heterocycles. The van der Waals surface area contributed by atoms with Gasteiger partial charge in [-0.25, -0.2) is 0 Å². The molecule has 0 unspecified atom stereocenters. The van der Waals surface area contributed by atoms with Gasteiger partial charge in [0.05, 0.1) is 25.1 Å². The number of thiocarbonyl (C=S) groups is 1. The Morgan fingerprint density at radius 2 is 0.500 bits per heavy atom. The normalized spacial score (nSPS) is 3.73. The van der Waals surface area contributed by atoms with Crippen molar-refractivity contribution in [2.75, 3.05) is 0 Å². The molecule has 38 N–H and O–H groups in total. The molecule has 40 heavy (non-hydrogen) atoms. The van der Waals surface area contributed by atoms with Crippen molar-refractivity contribution in [3.05, 3.63) is 25.1 Å². The van der Waals surface area contributed by atoms with Gasteiger partial charge in [-0.3, -0.25) is 0 Å². The summed E-state index contributed by atoms with van der Waals surface area (Å²) in [4.78, 5) is 0. The van der Waals surface area contributed by atoms with E-state index in [0.29, 0.717) is 0 Å². The Balaban J connectivity index is -0.00000000334. The zero-order chi connectivity index (χ0) is 13.0. The number of nitrogens with two attached hydrogens (primary N) is 2. The van der Waals surface area contributed by atoms with Crippen LogP contribution in [0.5, 0.6) is 5.75 Å². The van der Waals surface area contributed by atoms with Gasteiger partial charge in [0.25, 0.3) is 0 Å². The largest absolute Gasteiger partial charge is 1.00 e. The first-order chi connectivity index (χ1) is 7.20. The van der Waals surface area contributed by atoms with E-state index in [1.807, 2.05) is 0 Å². The zero-order valence-electron chi connectivity index (χ0n) is 21.2. The summed E-state index contributed by atoms with van der Waals surface area (Å²) in [5.41, 5.74) is 9.24. The molecule has 33 heteroatoms. The van der Waals surface area contributed by atoms with Crippen molar-refractivity contribution >= 4 is 168 Å². The molecule has 0 atom stereocenters. The molecule has 1 aromatic rings. The monoisotopic (exact) mass is 758 g/mol. The van der Waals surface area contributed by atoms with Gasteiger partial charge in [-0.05, 0) is 12.2 Å². The maximum Gasteiger partial charge on any atom is 1.00 e. The second kappa shape index (κ2) is 123.